The van der Waals surface area contributed by atoms with E-state index in [0.717, 1.165) is 5.39 Å². The maximum atomic E-state index is 10.9. The van der Waals surface area contributed by atoms with E-state index >= 15 is 0 Å². The summed E-state index contributed by atoms with van der Waals surface area (Å²) in [5.41, 5.74) is 7.63. The van der Waals surface area contributed by atoms with Crippen molar-refractivity contribution in [3.8, 4) is 0 Å². The average Bonchev–Trinajstić information content (AvgIpc) is 2.17. The highest BCUT2D eigenvalue weighted by molar-refractivity contribution is 6.07. The summed E-state index contributed by atoms with van der Waals surface area (Å²) in [6, 6.07) is 10.4. The molecule has 0 bridgehead atoms. The van der Waals surface area contributed by atoms with Crippen LogP contribution in [-0.2, 0) is 0 Å². The minimum Gasteiger partial charge on any atom is -0.478 e. The van der Waals surface area contributed by atoms with Crippen molar-refractivity contribution < 1.29 is 9.90 Å². The lowest BCUT2D eigenvalue weighted by molar-refractivity contribution is 0.0700. The largest absolute Gasteiger partial charge is 0.478 e. The molecule has 0 aliphatic rings. The molecule has 2 N–H and O–H groups in total. The molecule has 0 saturated carbocycles. The Morgan fingerprint density at radius 1 is 1.14 bits per heavy atom. The third kappa shape index (κ3) is 1.19. The van der Waals surface area contributed by atoms with Crippen molar-refractivity contribution in [2.75, 3.05) is 0 Å². The van der Waals surface area contributed by atoms with Crippen LogP contribution in [0.5, 0.6) is 0 Å². The molecule has 0 aromatic heterocycles. The molecular weight excluding hydrogens is 178 g/mol. The van der Waals surface area contributed by atoms with Gasteiger partial charge in [0.1, 0.15) is 0 Å². The van der Waals surface area contributed by atoms with Gasteiger partial charge in [-0.15, -0.1) is 0 Å². The number of carbonyl (C=O) groups is 1. The molecule has 0 amide bonds. The van der Waals surface area contributed by atoms with Crippen molar-refractivity contribution in [2.24, 2.45) is 0 Å². The molecule has 0 spiro atoms. The topological polar surface area (TPSA) is 61.1 Å². The zero-order valence-corrected chi connectivity index (χ0v) is 7.32. The third-order valence-corrected chi connectivity index (χ3v) is 2.14. The monoisotopic (exact) mass is 186 g/mol. The van der Waals surface area contributed by atoms with Crippen LogP contribution in [0.25, 0.3) is 10.8 Å². The standard InChI is InChI=1S/C11H8NO2/c12-9-6-5-7-3-1-2-4-8(7)10(9)11(13)14/h1-6,12H,(H,13,14). The first kappa shape index (κ1) is 8.56. The Labute approximate surface area is 80.8 Å². The van der Waals surface area contributed by atoms with E-state index in [1.807, 2.05) is 12.1 Å². The minimum absolute atomic E-state index is 0.0520. The number of hydrogen-bond donors (Lipinski definition) is 1. The summed E-state index contributed by atoms with van der Waals surface area (Å²) in [4.78, 5) is 10.9. The van der Waals surface area contributed by atoms with Gasteiger partial charge in [-0.3, -0.25) is 5.73 Å². The Morgan fingerprint density at radius 3 is 2.57 bits per heavy atom. The van der Waals surface area contributed by atoms with Gasteiger partial charge in [0, 0.05) is 0 Å². The van der Waals surface area contributed by atoms with Crippen LogP contribution in [0.3, 0.4) is 0 Å². The molecule has 2 rings (SSSR count). The van der Waals surface area contributed by atoms with Crippen molar-refractivity contribution in [2.45, 2.75) is 0 Å². The predicted molar refractivity (Wildman–Crippen MR) is 53.7 cm³/mol. The Kier molecular flexibility index (Phi) is 1.85. The highest BCUT2D eigenvalue weighted by Crippen LogP contribution is 2.24. The number of carboxylic acid groups (broad SMARTS) is 1. The Balaban J connectivity index is 2.90. The van der Waals surface area contributed by atoms with Crippen LogP contribution in [0, 0.1) is 0 Å². The van der Waals surface area contributed by atoms with Crippen molar-refractivity contribution in [3.63, 3.8) is 0 Å². The van der Waals surface area contributed by atoms with Gasteiger partial charge in [-0.25, -0.2) is 4.79 Å². The molecule has 14 heavy (non-hydrogen) atoms. The summed E-state index contributed by atoms with van der Waals surface area (Å²) in [7, 11) is 0. The summed E-state index contributed by atoms with van der Waals surface area (Å²) in [5, 5.41) is 10.4. The van der Waals surface area contributed by atoms with E-state index < -0.39 is 5.97 Å². The number of aromatic carboxylic acids is 1. The lowest BCUT2D eigenvalue weighted by atomic mass is 10.0. The van der Waals surface area contributed by atoms with Gasteiger partial charge in [0.05, 0.1) is 11.3 Å². The number of carboxylic acids is 1. The average molecular weight is 186 g/mol. The summed E-state index contributed by atoms with van der Waals surface area (Å²) in [6.07, 6.45) is 0. The zero-order chi connectivity index (χ0) is 10.1. The first-order valence-corrected chi connectivity index (χ1v) is 4.17. The maximum absolute atomic E-state index is 10.9. The predicted octanol–water partition coefficient (Wildman–Crippen LogP) is 2.45. The van der Waals surface area contributed by atoms with Crippen LogP contribution in [0.1, 0.15) is 10.4 Å². The Hall–Kier alpha value is -2.03. The second kappa shape index (κ2) is 3.03. The summed E-state index contributed by atoms with van der Waals surface area (Å²) < 4.78 is 0. The normalized spacial score (nSPS) is 10.3. The number of benzene rings is 2. The number of fused-ring (bicyclic) bond motifs is 1. The summed E-state index contributed by atoms with van der Waals surface area (Å²) in [5.74, 6) is -1.05. The van der Waals surface area contributed by atoms with Crippen molar-refractivity contribution in [1.82, 2.24) is 5.73 Å². The first-order valence-electron chi connectivity index (χ1n) is 4.17. The zero-order valence-electron chi connectivity index (χ0n) is 7.32. The Bertz CT molecular complexity index is 506. The highest BCUT2D eigenvalue weighted by atomic mass is 16.4. The Morgan fingerprint density at radius 2 is 1.86 bits per heavy atom. The molecule has 0 heterocycles. The van der Waals surface area contributed by atoms with Crippen LogP contribution in [-0.4, -0.2) is 11.1 Å². The molecular formula is C11H8NO2. The van der Waals surface area contributed by atoms with Gasteiger partial charge in [-0.05, 0) is 16.8 Å². The molecule has 3 nitrogen and oxygen atoms in total. The van der Waals surface area contributed by atoms with E-state index in [0.29, 0.717) is 5.39 Å². The van der Waals surface area contributed by atoms with Crippen molar-refractivity contribution in [3.05, 3.63) is 42.0 Å². The molecule has 3 heteroatoms. The smallest absolute Gasteiger partial charge is 0.338 e. The molecule has 0 saturated heterocycles. The molecule has 0 unspecified atom stereocenters. The van der Waals surface area contributed by atoms with E-state index in [4.69, 9.17) is 10.8 Å². The second-order valence-electron chi connectivity index (χ2n) is 3.01. The van der Waals surface area contributed by atoms with Crippen molar-refractivity contribution >= 4 is 22.4 Å². The van der Waals surface area contributed by atoms with Gasteiger partial charge in [0.2, 0.25) is 0 Å². The molecule has 0 aliphatic heterocycles. The van der Waals surface area contributed by atoms with E-state index in [-0.39, 0.29) is 11.3 Å². The fourth-order valence-corrected chi connectivity index (χ4v) is 1.50. The number of nitrogens with one attached hydrogen (secondary N) is 1. The fourth-order valence-electron chi connectivity index (χ4n) is 1.50. The lowest BCUT2D eigenvalue weighted by Gasteiger charge is -2.04. The fraction of sp³-hybridized carbons (Fsp3) is 0. The van der Waals surface area contributed by atoms with Gasteiger partial charge in [0.25, 0.3) is 0 Å². The first-order chi connectivity index (χ1) is 6.70. The molecule has 0 aliphatic carbocycles. The van der Waals surface area contributed by atoms with Crippen LogP contribution in [0.15, 0.2) is 36.4 Å². The summed E-state index contributed by atoms with van der Waals surface area (Å²) >= 11 is 0. The second-order valence-corrected chi connectivity index (χ2v) is 3.01. The minimum atomic E-state index is -1.05. The molecule has 69 valence electrons. The van der Waals surface area contributed by atoms with E-state index in [9.17, 15) is 4.79 Å². The lowest BCUT2D eigenvalue weighted by Crippen LogP contribution is -1.99. The van der Waals surface area contributed by atoms with Gasteiger partial charge in [0.15, 0.2) is 0 Å². The summed E-state index contributed by atoms with van der Waals surface area (Å²) in [6.45, 7) is 0. The van der Waals surface area contributed by atoms with E-state index in [1.165, 1.54) is 6.07 Å². The quantitative estimate of drug-likeness (QED) is 0.743. The molecule has 2 aromatic carbocycles. The van der Waals surface area contributed by atoms with Gasteiger partial charge >= 0.3 is 5.97 Å². The van der Waals surface area contributed by atoms with Crippen molar-refractivity contribution in [1.29, 1.82) is 0 Å². The third-order valence-electron chi connectivity index (χ3n) is 2.14. The molecule has 0 atom stereocenters. The van der Waals surface area contributed by atoms with Crippen LogP contribution >= 0.6 is 0 Å². The molecule has 1 radical (unpaired) electrons. The maximum Gasteiger partial charge on any atom is 0.338 e. The van der Waals surface area contributed by atoms with E-state index in [2.05, 4.69) is 0 Å². The van der Waals surface area contributed by atoms with Gasteiger partial charge in [-0.2, -0.15) is 0 Å². The number of hydrogen-bond acceptors (Lipinski definition) is 1. The van der Waals surface area contributed by atoms with Gasteiger partial charge < -0.3 is 5.11 Å². The van der Waals surface area contributed by atoms with Crippen LogP contribution in [0.2, 0.25) is 0 Å². The van der Waals surface area contributed by atoms with Gasteiger partial charge in [-0.1, -0.05) is 30.3 Å². The van der Waals surface area contributed by atoms with Crippen LogP contribution in [0.4, 0.5) is 5.69 Å². The molecule has 0 fully saturated rings. The van der Waals surface area contributed by atoms with E-state index in [1.54, 1.807) is 18.2 Å². The highest BCUT2D eigenvalue weighted by Gasteiger charge is 2.11. The number of rotatable bonds is 1. The SMILES string of the molecule is [NH]c1ccc2ccccc2c1C(=O)O. The molecule has 2 aromatic rings. The van der Waals surface area contributed by atoms with Crippen LogP contribution < -0.4 is 5.73 Å².